The monoisotopic (exact) mass is 242 g/mol. The van der Waals surface area contributed by atoms with Gasteiger partial charge in [-0.1, -0.05) is 6.07 Å². The molecule has 3 nitrogen and oxygen atoms in total. The lowest BCUT2D eigenvalue weighted by Crippen LogP contribution is -2.02. The van der Waals surface area contributed by atoms with E-state index < -0.39 is 0 Å². The Kier molecular flexibility index (Phi) is 4.31. The minimum atomic E-state index is 0.657. The average Bonchev–Trinajstić information content (AvgIpc) is 2.41. The van der Waals surface area contributed by atoms with Crippen molar-refractivity contribution < 1.29 is 4.74 Å². The maximum Gasteiger partial charge on any atom is 0.119 e. The zero-order chi connectivity index (χ0) is 12.8. The number of hydrogen-bond acceptors (Lipinski definition) is 3. The Morgan fingerprint density at radius 3 is 2.44 bits per heavy atom. The molecule has 0 fully saturated rings. The number of hydrogen-bond donors (Lipinski definition) is 1. The van der Waals surface area contributed by atoms with E-state index in [0.717, 1.165) is 23.4 Å². The van der Waals surface area contributed by atoms with Crippen LogP contribution in [0.1, 0.15) is 12.5 Å². The molecule has 0 aliphatic rings. The molecule has 1 heterocycles. The second-order valence-electron chi connectivity index (χ2n) is 4.05. The molecule has 0 amide bonds. The highest BCUT2D eigenvalue weighted by Gasteiger charge is 2.00. The summed E-state index contributed by atoms with van der Waals surface area (Å²) in [5, 5.41) is 0. The highest BCUT2D eigenvalue weighted by atomic mass is 16.5. The molecule has 94 valence electrons. The van der Waals surface area contributed by atoms with E-state index in [1.54, 1.807) is 0 Å². The van der Waals surface area contributed by atoms with Crippen molar-refractivity contribution in [3.8, 4) is 17.0 Å². The first-order valence-corrected chi connectivity index (χ1v) is 6.21. The standard InChI is InChI=1S/C15H18N2O/c1-2-18-14-6-4-13(5-7-14)15-8-3-12(9-10-16)11-17-15/h3-8,11H,2,9-10,16H2,1H3. The molecule has 0 unspecified atom stereocenters. The van der Waals surface area contributed by atoms with E-state index in [1.807, 2.05) is 43.5 Å². The normalized spacial score (nSPS) is 10.3. The largest absolute Gasteiger partial charge is 0.494 e. The Hall–Kier alpha value is -1.87. The smallest absolute Gasteiger partial charge is 0.119 e. The van der Waals surface area contributed by atoms with E-state index in [1.165, 1.54) is 5.56 Å². The van der Waals surface area contributed by atoms with Gasteiger partial charge in [-0.25, -0.2) is 0 Å². The number of nitrogens with two attached hydrogens (primary N) is 1. The third-order valence-electron chi connectivity index (χ3n) is 2.72. The second kappa shape index (κ2) is 6.17. The molecule has 0 saturated carbocycles. The highest BCUT2D eigenvalue weighted by molar-refractivity contribution is 5.60. The molecule has 3 heteroatoms. The van der Waals surface area contributed by atoms with Gasteiger partial charge < -0.3 is 10.5 Å². The van der Waals surface area contributed by atoms with Crippen LogP contribution in [-0.4, -0.2) is 18.1 Å². The third-order valence-corrected chi connectivity index (χ3v) is 2.72. The maximum atomic E-state index is 5.51. The summed E-state index contributed by atoms with van der Waals surface area (Å²) in [6.45, 7) is 3.32. The van der Waals surface area contributed by atoms with Crippen LogP contribution >= 0.6 is 0 Å². The van der Waals surface area contributed by atoms with Crippen LogP contribution in [0.25, 0.3) is 11.3 Å². The predicted molar refractivity (Wildman–Crippen MR) is 73.6 cm³/mol. The maximum absolute atomic E-state index is 5.51. The summed E-state index contributed by atoms with van der Waals surface area (Å²) in [6, 6.07) is 12.1. The number of pyridine rings is 1. The molecule has 18 heavy (non-hydrogen) atoms. The summed E-state index contributed by atoms with van der Waals surface area (Å²) in [5.74, 6) is 0.890. The summed E-state index contributed by atoms with van der Waals surface area (Å²) in [4.78, 5) is 4.45. The van der Waals surface area contributed by atoms with Gasteiger partial charge in [-0.15, -0.1) is 0 Å². The molecule has 0 aliphatic heterocycles. The summed E-state index contributed by atoms with van der Waals surface area (Å²) in [5.41, 5.74) is 8.75. The molecule has 0 spiro atoms. The Labute approximate surface area is 108 Å². The van der Waals surface area contributed by atoms with E-state index in [2.05, 4.69) is 11.1 Å². The lowest BCUT2D eigenvalue weighted by atomic mass is 10.1. The molecule has 0 bridgehead atoms. The Morgan fingerprint density at radius 2 is 1.89 bits per heavy atom. The summed E-state index contributed by atoms with van der Waals surface area (Å²) >= 11 is 0. The molecular formula is C15H18N2O. The van der Waals surface area contributed by atoms with Gasteiger partial charge in [0.05, 0.1) is 12.3 Å². The van der Waals surface area contributed by atoms with Crippen molar-refractivity contribution in [2.24, 2.45) is 5.73 Å². The minimum Gasteiger partial charge on any atom is -0.494 e. The van der Waals surface area contributed by atoms with Crippen LogP contribution in [0.4, 0.5) is 0 Å². The highest BCUT2D eigenvalue weighted by Crippen LogP contribution is 2.20. The number of aromatic nitrogens is 1. The zero-order valence-electron chi connectivity index (χ0n) is 10.6. The number of nitrogens with zero attached hydrogens (tertiary/aromatic N) is 1. The second-order valence-corrected chi connectivity index (χ2v) is 4.05. The molecular weight excluding hydrogens is 224 g/mol. The Bertz CT molecular complexity index is 429. The van der Waals surface area contributed by atoms with Gasteiger partial charge in [0.1, 0.15) is 5.75 Å². The predicted octanol–water partition coefficient (Wildman–Crippen LogP) is 2.65. The molecule has 1 aromatic carbocycles. The van der Waals surface area contributed by atoms with Crippen molar-refractivity contribution in [3.05, 3.63) is 48.2 Å². The summed E-state index contributed by atoms with van der Waals surface area (Å²) < 4.78 is 5.41. The molecule has 2 N–H and O–H groups in total. The van der Waals surface area contributed by atoms with Crippen LogP contribution in [0.15, 0.2) is 42.6 Å². The first kappa shape index (κ1) is 12.6. The van der Waals surface area contributed by atoms with E-state index in [0.29, 0.717) is 13.2 Å². The van der Waals surface area contributed by atoms with Gasteiger partial charge >= 0.3 is 0 Å². The van der Waals surface area contributed by atoms with E-state index >= 15 is 0 Å². The fraction of sp³-hybridized carbons (Fsp3) is 0.267. The molecule has 2 aromatic rings. The van der Waals surface area contributed by atoms with Crippen molar-refractivity contribution in [2.75, 3.05) is 13.2 Å². The first-order valence-electron chi connectivity index (χ1n) is 6.21. The Morgan fingerprint density at radius 1 is 1.11 bits per heavy atom. The van der Waals surface area contributed by atoms with Crippen molar-refractivity contribution in [1.29, 1.82) is 0 Å². The quantitative estimate of drug-likeness (QED) is 0.876. The Balaban J connectivity index is 2.15. The fourth-order valence-corrected chi connectivity index (χ4v) is 1.80. The average molecular weight is 242 g/mol. The summed E-state index contributed by atoms with van der Waals surface area (Å²) in [7, 11) is 0. The van der Waals surface area contributed by atoms with Gasteiger partial charge in [0.2, 0.25) is 0 Å². The zero-order valence-corrected chi connectivity index (χ0v) is 10.6. The molecule has 0 atom stereocenters. The number of benzene rings is 1. The number of rotatable bonds is 5. The fourth-order valence-electron chi connectivity index (χ4n) is 1.80. The van der Waals surface area contributed by atoms with Gasteiger partial charge in [-0.05, 0) is 55.8 Å². The molecule has 0 radical (unpaired) electrons. The van der Waals surface area contributed by atoms with Crippen molar-refractivity contribution in [3.63, 3.8) is 0 Å². The third kappa shape index (κ3) is 3.08. The van der Waals surface area contributed by atoms with Crippen molar-refractivity contribution >= 4 is 0 Å². The molecule has 1 aromatic heterocycles. The van der Waals surface area contributed by atoms with Gasteiger partial charge in [-0.2, -0.15) is 0 Å². The van der Waals surface area contributed by atoms with Gasteiger partial charge in [-0.3, -0.25) is 4.98 Å². The van der Waals surface area contributed by atoms with Crippen molar-refractivity contribution in [2.45, 2.75) is 13.3 Å². The molecule has 0 saturated heterocycles. The van der Waals surface area contributed by atoms with E-state index in [-0.39, 0.29) is 0 Å². The SMILES string of the molecule is CCOc1ccc(-c2ccc(CCN)cn2)cc1. The van der Waals surface area contributed by atoms with Crippen LogP contribution in [-0.2, 0) is 6.42 Å². The minimum absolute atomic E-state index is 0.657. The first-order chi connectivity index (χ1) is 8.83. The van der Waals surface area contributed by atoms with Gasteiger partial charge in [0.15, 0.2) is 0 Å². The van der Waals surface area contributed by atoms with Gasteiger partial charge in [0, 0.05) is 11.8 Å². The van der Waals surface area contributed by atoms with Crippen LogP contribution in [0.2, 0.25) is 0 Å². The van der Waals surface area contributed by atoms with Gasteiger partial charge in [0.25, 0.3) is 0 Å². The van der Waals surface area contributed by atoms with E-state index in [4.69, 9.17) is 10.5 Å². The summed E-state index contributed by atoms with van der Waals surface area (Å²) in [6.07, 6.45) is 2.76. The molecule has 2 rings (SSSR count). The van der Waals surface area contributed by atoms with Crippen LogP contribution in [0, 0.1) is 0 Å². The van der Waals surface area contributed by atoms with Crippen molar-refractivity contribution in [1.82, 2.24) is 4.98 Å². The van der Waals surface area contributed by atoms with E-state index in [9.17, 15) is 0 Å². The van der Waals surface area contributed by atoms with Crippen LogP contribution < -0.4 is 10.5 Å². The topological polar surface area (TPSA) is 48.1 Å². The van der Waals surface area contributed by atoms with Crippen LogP contribution in [0.3, 0.4) is 0 Å². The molecule has 0 aliphatic carbocycles. The van der Waals surface area contributed by atoms with Crippen LogP contribution in [0.5, 0.6) is 5.75 Å². The number of ether oxygens (including phenoxy) is 1. The lowest BCUT2D eigenvalue weighted by molar-refractivity contribution is 0.340. The lowest BCUT2D eigenvalue weighted by Gasteiger charge is -2.05.